The molecule has 2 heteroatoms. The van der Waals surface area contributed by atoms with E-state index in [9.17, 15) is 0 Å². The van der Waals surface area contributed by atoms with Crippen LogP contribution in [-0.2, 0) is 0 Å². The van der Waals surface area contributed by atoms with Crippen LogP contribution in [0.5, 0.6) is 5.75 Å². The van der Waals surface area contributed by atoms with E-state index in [2.05, 4.69) is 32.0 Å². The Bertz CT molecular complexity index is 534. The molecule has 0 fully saturated rings. The van der Waals surface area contributed by atoms with Crippen LogP contribution in [0.2, 0.25) is 0 Å². The molecular formula is C18H23NO. The highest BCUT2D eigenvalue weighted by Gasteiger charge is 2.15. The third-order valence-corrected chi connectivity index (χ3v) is 3.56. The number of nitrogens with two attached hydrogens (primary N) is 1. The van der Waals surface area contributed by atoms with Crippen LogP contribution in [-0.4, -0.2) is 13.2 Å². The standard InChI is InChI=1S/C18H23NO/c1-18(2,14-19)12-13-20-17-11-7-6-10-16(17)15-8-4-3-5-9-15/h3-11H,12-14,19H2,1-2H3. The second-order valence-electron chi connectivity index (χ2n) is 5.83. The summed E-state index contributed by atoms with van der Waals surface area (Å²) in [7, 11) is 0. The van der Waals surface area contributed by atoms with Gasteiger partial charge in [0, 0.05) is 5.56 Å². The molecule has 2 aromatic carbocycles. The van der Waals surface area contributed by atoms with Crippen LogP contribution in [0.15, 0.2) is 54.6 Å². The highest BCUT2D eigenvalue weighted by molar-refractivity contribution is 5.70. The van der Waals surface area contributed by atoms with Gasteiger partial charge in [0.2, 0.25) is 0 Å². The molecule has 0 aliphatic carbocycles. The van der Waals surface area contributed by atoms with Gasteiger partial charge >= 0.3 is 0 Å². The van der Waals surface area contributed by atoms with E-state index >= 15 is 0 Å². The van der Waals surface area contributed by atoms with Gasteiger partial charge in [0.15, 0.2) is 0 Å². The molecule has 2 aromatic rings. The average molecular weight is 269 g/mol. The maximum absolute atomic E-state index is 5.97. The molecule has 2 N–H and O–H groups in total. The predicted octanol–water partition coefficient (Wildman–Crippen LogP) is 4.11. The highest BCUT2D eigenvalue weighted by Crippen LogP contribution is 2.30. The summed E-state index contributed by atoms with van der Waals surface area (Å²) in [4.78, 5) is 0. The van der Waals surface area contributed by atoms with E-state index in [1.165, 1.54) is 5.56 Å². The van der Waals surface area contributed by atoms with Gasteiger partial charge in [0.05, 0.1) is 6.61 Å². The minimum Gasteiger partial charge on any atom is -0.493 e. The van der Waals surface area contributed by atoms with Gasteiger partial charge in [-0.15, -0.1) is 0 Å². The first kappa shape index (κ1) is 14.6. The van der Waals surface area contributed by atoms with Crippen LogP contribution < -0.4 is 10.5 Å². The second kappa shape index (κ2) is 6.58. The van der Waals surface area contributed by atoms with Crippen LogP contribution in [0.4, 0.5) is 0 Å². The molecular weight excluding hydrogens is 246 g/mol. The molecule has 0 spiro atoms. The Kier molecular flexibility index (Phi) is 4.80. The molecule has 0 aliphatic rings. The molecule has 0 radical (unpaired) electrons. The molecule has 0 atom stereocenters. The van der Waals surface area contributed by atoms with E-state index in [4.69, 9.17) is 10.5 Å². The minimum atomic E-state index is 0.127. The molecule has 20 heavy (non-hydrogen) atoms. The number of ether oxygens (including phenoxy) is 1. The molecule has 0 amide bonds. The molecule has 0 saturated heterocycles. The SMILES string of the molecule is CC(C)(CN)CCOc1ccccc1-c1ccccc1. The van der Waals surface area contributed by atoms with Crippen molar-refractivity contribution in [3.05, 3.63) is 54.6 Å². The van der Waals surface area contributed by atoms with Gasteiger partial charge in [-0.05, 0) is 30.0 Å². The smallest absolute Gasteiger partial charge is 0.127 e. The van der Waals surface area contributed by atoms with Gasteiger partial charge in [-0.25, -0.2) is 0 Å². The molecule has 0 unspecified atom stereocenters. The Morgan fingerprint density at radius 1 is 0.950 bits per heavy atom. The Morgan fingerprint density at radius 2 is 1.60 bits per heavy atom. The Balaban J connectivity index is 2.10. The van der Waals surface area contributed by atoms with Crippen molar-refractivity contribution in [2.75, 3.05) is 13.2 Å². The van der Waals surface area contributed by atoms with Crippen molar-refractivity contribution in [2.45, 2.75) is 20.3 Å². The molecule has 0 bridgehead atoms. The van der Waals surface area contributed by atoms with Crippen LogP contribution >= 0.6 is 0 Å². The predicted molar refractivity (Wildman–Crippen MR) is 84.8 cm³/mol. The normalized spacial score (nSPS) is 11.3. The van der Waals surface area contributed by atoms with Gasteiger partial charge in [0.25, 0.3) is 0 Å². The molecule has 2 rings (SSSR count). The number of hydrogen-bond donors (Lipinski definition) is 1. The maximum atomic E-state index is 5.97. The number of benzene rings is 2. The zero-order valence-corrected chi connectivity index (χ0v) is 12.3. The van der Waals surface area contributed by atoms with Crippen molar-refractivity contribution in [3.63, 3.8) is 0 Å². The van der Waals surface area contributed by atoms with Crippen molar-refractivity contribution in [1.29, 1.82) is 0 Å². The van der Waals surface area contributed by atoms with Crippen LogP contribution in [0.25, 0.3) is 11.1 Å². The summed E-state index contributed by atoms with van der Waals surface area (Å²) in [6.07, 6.45) is 0.951. The van der Waals surface area contributed by atoms with E-state index in [1.54, 1.807) is 0 Å². The molecule has 0 aliphatic heterocycles. The summed E-state index contributed by atoms with van der Waals surface area (Å²) >= 11 is 0. The summed E-state index contributed by atoms with van der Waals surface area (Å²) in [5.74, 6) is 0.937. The summed E-state index contributed by atoms with van der Waals surface area (Å²) in [5.41, 5.74) is 8.20. The monoisotopic (exact) mass is 269 g/mol. The van der Waals surface area contributed by atoms with Gasteiger partial charge < -0.3 is 10.5 Å². The van der Waals surface area contributed by atoms with E-state index in [1.807, 2.05) is 36.4 Å². The van der Waals surface area contributed by atoms with Crippen molar-refractivity contribution >= 4 is 0 Å². The van der Waals surface area contributed by atoms with Crippen LogP contribution in [0.1, 0.15) is 20.3 Å². The minimum absolute atomic E-state index is 0.127. The number of para-hydroxylation sites is 1. The summed E-state index contributed by atoms with van der Waals surface area (Å²) in [6, 6.07) is 18.5. The fourth-order valence-corrected chi connectivity index (χ4v) is 1.99. The lowest BCUT2D eigenvalue weighted by Gasteiger charge is -2.22. The number of rotatable bonds is 6. The van der Waals surface area contributed by atoms with Gasteiger partial charge in [0.1, 0.15) is 5.75 Å². The van der Waals surface area contributed by atoms with E-state index in [-0.39, 0.29) is 5.41 Å². The van der Waals surface area contributed by atoms with Crippen molar-refractivity contribution < 1.29 is 4.74 Å². The van der Waals surface area contributed by atoms with E-state index < -0.39 is 0 Å². The lowest BCUT2D eigenvalue weighted by molar-refractivity contribution is 0.234. The molecule has 0 heterocycles. The Morgan fingerprint density at radius 3 is 2.30 bits per heavy atom. The molecule has 106 valence electrons. The molecule has 0 saturated carbocycles. The second-order valence-corrected chi connectivity index (χ2v) is 5.83. The van der Waals surface area contributed by atoms with Gasteiger partial charge in [-0.2, -0.15) is 0 Å². The number of hydrogen-bond acceptors (Lipinski definition) is 2. The lowest BCUT2D eigenvalue weighted by Crippen LogP contribution is -2.25. The van der Waals surface area contributed by atoms with E-state index in [0.29, 0.717) is 13.2 Å². The van der Waals surface area contributed by atoms with Crippen molar-refractivity contribution in [3.8, 4) is 16.9 Å². The first-order valence-corrected chi connectivity index (χ1v) is 7.10. The van der Waals surface area contributed by atoms with Crippen molar-refractivity contribution in [2.24, 2.45) is 11.1 Å². The largest absolute Gasteiger partial charge is 0.493 e. The summed E-state index contributed by atoms with van der Waals surface area (Å²) in [6.45, 7) is 5.70. The summed E-state index contributed by atoms with van der Waals surface area (Å²) in [5, 5.41) is 0. The first-order valence-electron chi connectivity index (χ1n) is 7.10. The molecule has 2 nitrogen and oxygen atoms in total. The van der Waals surface area contributed by atoms with Crippen LogP contribution in [0, 0.1) is 5.41 Å². The Labute approximate surface area is 121 Å². The third-order valence-electron chi connectivity index (χ3n) is 3.56. The maximum Gasteiger partial charge on any atom is 0.127 e. The lowest BCUT2D eigenvalue weighted by atomic mass is 9.90. The van der Waals surface area contributed by atoms with Crippen molar-refractivity contribution in [1.82, 2.24) is 0 Å². The molecule has 0 aromatic heterocycles. The fraction of sp³-hybridized carbons (Fsp3) is 0.333. The third kappa shape index (κ3) is 3.84. The van der Waals surface area contributed by atoms with Gasteiger partial charge in [-0.1, -0.05) is 62.4 Å². The fourth-order valence-electron chi connectivity index (χ4n) is 1.99. The average Bonchev–Trinajstić information content (AvgIpc) is 2.48. The zero-order chi connectivity index (χ0) is 14.4. The first-order chi connectivity index (χ1) is 9.62. The zero-order valence-electron chi connectivity index (χ0n) is 12.3. The summed E-state index contributed by atoms with van der Waals surface area (Å²) < 4.78 is 5.97. The quantitative estimate of drug-likeness (QED) is 0.856. The van der Waals surface area contributed by atoms with Crippen LogP contribution in [0.3, 0.4) is 0 Å². The highest BCUT2D eigenvalue weighted by atomic mass is 16.5. The van der Waals surface area contributed by atoms with E-state index in [0.717, 1.165) is 17.7 Å². The Hall–Kier alpha value is -1.80. The van der Waals surface area contributed by atoms with Gasteiger partial charge in [-0.3, -0.25) is 0 Å². The topological polar surface area (TPSA) is 35.2 Å².